The molecule has 2 aliphatic rings. The molecule has 1 aliphatic carbocycles. The molecule has 45 heavy (non-hydrogen) atoms. The second-order valence-electron chi connectivity index (χ2n) is 11.6. The lowest BCUT2D eigenvalue weighted by molar-refractivity contribution is 0.101. The van der Waals surface area contributed by atoms with Crippen molar-refractivity contribution in [2.75, 3.05) is 25.6 Å². The highest BCUT2D eigenvalue weighted by atomic mass is 16.5. The van der Waals surface area contributed by atoms with Gasteiger partial charge in [0.15, 0.2) is 0 Å². The van der Waals surface area contributed by atoms with Crippen LogP contribution in [0.25, 0.3) is 22.4 Å². The van der Waals surface area contributed by atoms with Crippen molar-refractivity contribution in [1.82, 2.24) is 24.6 Å². The maximum Gasteiger partial charge on any atom is 0.346 e. The first-order valence-corrected chi connectivity index (χ1v) is 14.8. The standard InChI is InChI=1S/C33H36N6O6/c1-17-20(21-9-7-11-23(18(21)2)35-30(41)29-32(42)38(3)33(43)39(4)37-29)8-6-10-22(17)25-14-19-12-13-24(28(19)31(36-25)44-5)34-26-15-45-16-27(26)40/h6-11,14,24,26-27,34,40H,12-13,15-16H2,1-5H3,(H,35,41). The third-order valence-electron chi connectivity index (χ3n) is 8.84. The largest absolute Gasteiger partial charge is 0.481 e. The lowest BCUT2D eigenvalue weighted by atomic mass is 9.91. The highest BCUT2D eigenvalue weighted by molar-refractivity contribution is 6.03. The maximum atomic E-state index is 13.1. The molecule has 3 unspecified atom stereocenters. The van der Waals surface area contributed by atoms with E-state index in [1.807, 2.05) is 44.2 Å². The zero-order valence-electron chi connectivity index (χ0n) is 25.9. The number of aliphatic hydroxyl groups is 1. The Morgan fingerprint density at radius 2 is 1.76 bits per heavy atom. The summed E-state index contributed by atoms with van der Waals surface area (Å²) in [6, 6.07) is 13.6. The number of anilines is 1. The molecule has 3 atom stereocenters. The van der Waals surface area contributed by atoms with Crippen molar-refractivity contribution in [2.45, 2.75) is 44.9 Å². The van der Waals surface area contributed by atoms with Crippen molar-refractivity contribution in [3.05, 3.63) is 91.3 Å². The number of aryl methyl sites for hydroxylation is 2. The molecule has 1 fully saturated rings. The molecule has 0 bridgehead atoms. The first-order valence-electron chi connectivity index (χ1n) is 14.8. The molecular formula is C33H36N6O6. The van der Waals surface area contributed by atoms with Crippen molar-refractivity contribution in [3.63, 3.8) is 0 Å². The first kappa shape index (κ1) is 30.4. The van der Waals surface area contributed by atoms with Gasteiger partial charge < -0.3 is 25.2 Å². The number of ether oxygens (including phenoxy) is 2. The Morgan fingerprint density at radius 1 is 1.04 bits per heavy atom. The molecule has 0 spiro atoms. The smallest absolute Gasteiger partial charge is 0.346 e. The zero-order valence-corrected chi connectivity index (χ0v) is 25.9. The van der Waals surface area contributed by atoms with Crippen molar-refractivity contribution in [3.8, 4) is 28.3 Å². The number of carbonyl (C=O) groups excluding carboxylic acids is 1. The average Bonchev–Trinajstić information content (AvgIpc) is 3.64. The Morgan fingerprint density at radius 3 is 2.47 bits per heavy atom. The Bertz CT molecular complexity index is 1930. The minimum Gasteiger partial charge on any atom is -0.481 e. The molecule has 6 rings (SSSR count). The van der Waals surface area contributed by atoms with Crippen LogP contribution in [-0.2, 0) is 25.3 Å². The normalized spacial score (nSPS) is 19.0. The van der Waals surface area contributed by atoms with Crippen LogP contribution in [-0.4, -0.2) is 62.8 Å². The van der Waals surface area contributed by atoms with E-state index in [1.54, 1.807) is 13.2 Å². The van der Waals surface area contributed by atoms with E-state index in [9.17, 15) is 19.5 Å². The van der Waals surface area contributed by atoms with Gasteiger partial charge in [0, 0.05) is 37.0 Å². The summed E-state index contributed by atoms with van der Waals surface area (Å²) in [6.45, 7) is 4.75. The Kier molecular flexibility index (Phi) is 8.12. The Labute approximate surface area is 259 Å². The summed E-state index contributed by atoms with van der Waals surface area (Å²) in [5.74, 6) is -0.135. The van der Waals surface area contributed by atoms with Crippen LogP contribution in [0.1, 0.15) is 45.2 Å². The number of benzene rings is 2. The number of hydrogen-bond acceptors (Lipinski definition) is 9. The number of nitrogens with zero attached hydrogens (tertiary/aromatic N) is 4. The number of hydrogen-bond donors (Lipinski definition) is 3. The van der Waals surface area contributed by atoms with E-state index in [-0.39, 0.29) is 17.8 Å². The number of fused-ring (bicyclic) bond motifs is 1. The van der Waals surface area contributed by atoms with E-state index in [0.29, 0.717) is 24.8 Å². The molecule has 12 heteroatoms. The van der Waals surface area contributed by atoms with E-state index >= 15 is 0 Å². The van der Waals surface area contributed by atoms with E-state index in [2.05, 4.69) is 21.8 Å². The fourth-order valence-electron chi connectivity index (χ4n) is 6.32. The molecule has 3 N–H and O–H groups in total. The fourth-order valence-corrected chi connectivity index (χ4v) is 6.32. The lowest BCUT2D eigenvalue weighted by Crippen LogP contribution is -2.43. The van der Waals surface area contributed by atoms with Gasteiger partial charge in [-0.25, -0.2) is 14.5 Å². The molecule has 1 amide bonds. The van der Waals surface area contributed by atoms with Crippen LogP contribution >= 0.6 is 0 Å². The van der Waals surface area contributed by atoms with Crippen molar-refractivity contribution < 1.29 is 19.4 Å². The van der Waals surface area contributed by atoms with Gasteiger partial charge in [0.05, 0.1) is 38.2 Å². The van der Waals surface area contributed by atoms with Gasteiger partial charge in [0.1, 0.15) is 0 Å². The number of methoxy groups -OCH3 is 1. The summed E-state index contributed by atoms with van der Waals surface area (Å²) in [6.07, 6.45) is 1.19. The molecule has 0 radical (unpaired) electrons. The third-order valence-corrected chi connectivity index (χ3v) is 8.84. The number of carbonyl (C=O) groups is 1. The molecule has 3 heterocycles. The van der Waals surface area contributed by atoms with Crippen LogP contribution in [0.15, 0.2) is 52.1 Å². The SMILES string of the molecule is COc1nc(-c2cccc(-c3cccc(NC(=O)c4nn(C)c(=O)n(C)c4=O)c3C)c2C)cc2c1C(NC1COCC1O)CC2. The van der Waals surface area contributed by atoms with E-state index in [0.717, 1.165) is 66.7 Å². The van der Waals surface area contributed by atoms with Gasteiger partial charge in [0.25, 0.3) is 11.5 Å². The van der Waals surface area contributed by atoms with Gasteiger partial charge in [-0.1, -0.05) is 30.3 Å². The van der Waals surface area contributed by atoms with Gasteiger partial charge in [-0.3, -0.25) is 14.2 Å². The summed E-state index contributed by atoms with van der Waals surface area (Å²) in [5.41, 5.74) is 6.39. The van der Waals surface area contributed by atoms with E-state index < -0.39 is 23.3 Å². The van der Waals surface area contributed by atoms with Crippen LogP contribution in [0, 0.1) is 13.8 Å². The molecule has 1 aliphatic heterocycles. The van der Waals surface area contributed by atoms with Gasteiger partial charge >= 0.3 is 5.69 Å². The second-order valence-corrected chi connectivity index (χ2v) is 11.6. The average molecular weight is 613 g/mol. The molecule has 2 aromatic heterocycles. The minimum absolute atomic E-state index is 0.0158. The van der Waals surface area contributed by atoms with Crippen molar-refractivity contribution in [1.29, 1.82) is 0 Å². The summed E-state index contributed by atoms with van der Waals surface area (Å²) >= 11 is 0. The van der Waals surface area contributed by atoms with Gasteiger partial charge in [-0.2, -0.15) is 5.10 Å². The van der Waals surface area contributed by atoms with Crippen molar-refractivity contribution >= 4 is 11.6 Å². The number of nitrogens with one attached hydrogen (secondary N) is 2. The molecule has 234 valence electrons. The Hall–Kier alpha value is -4.65. The summed E-state index contributed by atoms with van der Waals surface area (Å²) < 4.78 is 13.0. The number of aromatic nitrogens is 4. The van der Waals surface area contributed by atoms with Gasteiger partial charge in [-0.05, 0) is 66.6 Å². The quantitative estimate of drug-likeness (QED) is 0.286. The van der Waals surface area contributed by atoms with Gasteiger partial charge in [0.2, 0.25) is 11.6 Å². The molecule has 4 aromatic rings. The zero-order chi connectivity index (χ0) is 32.0. The summed E-state index contributed by atoms with van der Waals surface area (Å²) in [5, 5.41) is 20.5. The summed E-state index contributed by atoms with van der Waals surface area (Å²) in [7, 11) is 4.32. The highest BCUT2D eigenvalue weighted by Crippen LogP contribution is 2.41. The summed E-state index contributed by atoms with van der Waals surface area (Å²) in [4.78, 5) is 42.6. The molecule has 2 aromatic carbocycles. The monoisotopic (exact) mass is 612 g/mol. The number of aliphatic hydroxyl groups excluding tert-OH is 1. The van der Waals surface area contributed by atoms with E-state index in [1.165, 1.54) is 14.1 Å². The third kappa shape index (κ3) is 5.45. The van der Waals surface area contributed by atoms with Crippen LogP contribution in [0.3, 0.4) is 0 Å². The van der Waals surface area contributed by atoms with E-state index in [4.69, 9.17) is 14.5 Å². The molecular weight excluding hydrogens is 576 g/mol. The maximum absolute atomic E-state index is 13.1. The van der Waals surface area contributed by atoms with Crippen LogP contribution in [0.4, 0.5) is 5.69 Å². The first-order chi connectivity index (χ1) is 21.6. The molecule has 0 saturated carbocycles. The van der Waals surface area contributed by atoms with Crippen LogP contribution in [0.2, 0.25) is 0 Å². The minimum atomic E-state index is -0.766. The predicted molar refractivity (Wildman–Crippen MR) is 169 cm³/mol. The number of amides is 1. The van der Waals surface area contributed by atoms with Crippen LogP contribution < -0.4 is 26.6 Å². The van der Waals surface area contributed by atoms with Gasteiger partial charge in [-0.15, -0.1) is 0 Å². The highest BCUT2D eigenvalue weighted by Gasteiger charge is 2.34. The Balaban J connectivity index is 1.32. The van der Waals surface area contributed by atoms with Crippen LogP contribution in [0.5, 0.6) is 5.88 Å². The predicted octanol–water partition coefficient (Wildman–Crippen LogP) is 2.42. The lowest BCUT2D eigenvalue weighted by Gasteiger charge is -2.22. The molecule has 1 saturated heterocycles. The number of pyridine rings is 1. The van der Waals surface area contributed by atoms with Crippen molar-refractivity contribution in [2.24, 2.45) is 14.1 Å². The topological polar surface area (TPSA) is 150 Å². The molecule has 12 nitrogen and oxygen atoms in total. The fraction of sp³-hybridized carbons (Fsp3) is 0.364. The number of rotatable bonds is 7. The second kappa shape index (κ2) is 12.0.